The maximum Gasteiger partial charge on any atom is 0.345 e. The van der Waals surface area contributed by atoms with E-state index in [1.807, 2.05) is 6.92 Å². The fourth-order valence-corrected chi connectivity index (χ4v) is 0.703. The van der Waals surface area contributed by atoms with Crippen molar-refractivity contribution < 1.29 is 24.1 Å². The van der Waals surface area contributed by atoms with E-state index in [9.17, 15) is 9.59 Å². The molecule has 92 valence electrons. The van der Waals surface area contributed by atoms with Gasteiger partial charge < -0.3 is 4.74 Å². The molecule has 0 N–H and O–H groups in total. The zero-order valence-corrected chi connectivity index (χ0v) is 9.78. The second kappa shape index (κ2) is 8.91. The Morgan fingerprint density at radius 2 is 1.94 bits per heavy atom. The SMILES string of the molecule is C=C(C)C(=O)OCCC(=O)OOCCCC. The van der Waals surface area contributed by atoms with Gasteiger partial charge in [0.15, 0.2) is 0 Å². The molecule has 0 rings (SSSR count). The zero-order valence-electron chi connectivity index (χ0n) is 9.78. The molecule has 0 aliphatic rings. The van der Waals surface area contributed by atoms with Crippen LogP contribution in [0, 0.1) is 0 Å². The number of hydrogen-bond donors (Lipinski definition) is 0. The third-order valence-electron chi connectivity index (χ3n) is 1.62. The van der Waals surface area contributed by atoms with Crippen LogP contribution in [0.3, 0.4) is 0 Å². The van der Waals surface area contributed by atoms with Gasteiger partial charge in [-0.2, -0.15) is 4.89 Å². The predicted octanol–water partition coefficient (Wildman–Crippen LogP) is 1.77. The average molecular weight is 230 g/mol. The van der Waals surface area contributed by atoms with E-state index in [1.165, 1.54) is 6.92 Å². The molecule has 0 aliphatic heterocycles. The molecular formula is C11H18O5. The molecule has 0 heterocycles. The van der Waals surface area contributed by atoms with Crippen LogP contribution >= 0.6 is 0 Å². The van der Waals surface area contributed by atoms with Crippen molar-refractivity contribution in [3.05, 3.63) is 12.2 Å². The van der Waals surface area contributed by atoms with E-state index in [0.717, 1.165) is 12.8 Å². The van der Waals surface area contributed by atoms with Crippen LogP contribution in [-0.2, 0) is 24.1 Å². The van der Waals surface area contributed by atoms with Crippen LogP contribution in [0.4, 0.5) is 0 Å². The molecule has 0 unspecified atom stereocenters. The first-order valence-corrected chi connectivity index (χ1v) is 5.22. The molecule has 0 saturated carbocycles. The topological polar surface area (TPSA) is 61.8 Å². The summed E-state index contributed by atoms with van der Waals surface area (Å²) in [5, 5.41) is 0. The van der Waals surface area contributed by atoms with Crippen molar-refractivity contribution in [3.8, 4) is 0 Å². The molecule has 0 atom stereocenters. The summed E-state index contributed by atoms with van der Waals surface area (Å²) in [5.74, 6) is -1.06. The maximum atomic E-state index is 11.0. The minimum absolute atomic E-state index is 0.0227. The van der Waals surface area contributed by atoms with Crippen LogP contribution in [0.25, 0.3) is 0 Å². The average Bonchev–Trinajstić information content (AvgIpc) is 2.24. The highest BCUT2D eigenvalue weighted by atomic mass is 17.2. The molecule has 0 fully saturated rings. The Hall–Kier alpha value is -1.36. The fourth-order valence-electron chi connectivity index (χ4n) is 0.703. The normalized spacial score (nSPS) is 9.62. The van der Waals surface area contributed by atoms with E-state index >= 15 is 0 Å². The lowest BCUT2D eigenvalue weighted by molar-refractivity contribution is -0.273. The largest absolute Gasteiger partial charge is 0.462 e. The molecule has 5 nitrogen and oxygen atoms in total. The number of carbonyl (C=O) groups excluding carboxylic acids is 2. The molecule has 0 radical (unpaired) electrons. The first-order chi connectivity index (χ1) is 7.57. The predicted molar refractivity (Wildman–Crippen MR) is 57.3 cm³/mol. The molecule has 0 bridgehead atoms. The molecular weight excluding hydrogens is 212 g/mol. The lowest BCUT2D eigenvalue weighted by Crippen LogP contribution is -2.12. The van der Waals surface area contributed by atoms with E-state index in [2.05, 4.69) is 16.4 Å². The van der Waals surface area contributed by atoms with E-state index in [4.69, 9.17) is 4.74 Å². The van der Waals surface area contributed by atoms with Gasteiger partial charge in [0.2, 0.25) is 0 Å². The van der Waals surface area contributed by atoms with Gasteiger partial charge in [0, 0.05) is 5.57 Å². The highest BCUT2D eigenvalue weighted by Gasteiger charge is 2.07. The van der Waals surface area contributed by atoms with Gasteiger partial charge in [-0.25, -0.2) is 9.59 Å². The van der Waals surface area contributed by atoms with Crippen molar-refractivity contribution in [2.24, 2.45) is 0 Å². The minimum atomic E-state index is -0.550. The Morgan fingerprint density at radius 1 is 1.25 bits per heavy atom. The van der Waals surface area contributed by atoms with Crippen LogP contribution < -0.4 is 0 Å². The summed E-state index contributed by atoms with van der Waals surface area (Å²) < 4.78 is 4.71. The van der Waals surface area contributed by atoms with Gasteiger partial charge in [-0.05, 0) is 13.3 Å². The van der Waals surface area contributed by atoms with Crippen molar-refractivity contribution in [1.29, 1.82) is 0 Å². The molecule has 0 aliphatic carbocycles. The van der Waals surface area contributed by atoms with Gasteiger partial charge in [0.05, 0.1) is 13.0 Å². The summed E-state index contributed by atoms with van der Waals surface area (Å²) in [6.45, 7) is 7.30. The van der Waals surface area contributed by atoms with Crippen molar-refractivity contribution in [3.63, 3.8) is 0 Å². The van der Waals surface area contributed by atoms with Gasteiger partial charge in [-0.1, -0.05) is 19.9 Å². The minimum Gasteiger partial charge on any atom is -0.462 e. The van der Waals surface area contributed by atoms with Crippen LogP contribution in [-0.4, -0.2) is 25.2 Å². The maximum absolute atomic E-state index is 11.0. The number of unbranched alkanes of at least 4 members (excludes halogenated alkanes) is 1. The van der Waals surface area contributed by atoms with Gasteiger partial charge >= 0.3 is 11.9 Å². The number of hydrogen-bond acceptors (Lipinski definition) is 5. The van der Waals surface area contributed by atoms with Gasteiger partial charge in [-0.3, -0.25) is 4.89 Å². The third-order valence-corrected chi connectivity index (χ3v) is 1.62. The van der Waals surface area contributed by atoms with Crippen molar-refractivity contribution in [1.82, 2.24) is 0 Å². The highest BCUT2D eigenvalue weighted by molar-refractivity contribution is 5.87. The first-order valence-electron chi connectivity index (χ1n) is 5.22. The zero-order chi connectivity index (χ0) is 12.4. The van der Waals surface area contributed by atoms with E-state index in [1.54, 1.807) is 0 Å². The monoisotopic (exact) mass is 230 g/mol. The second-order valence-corrected chi connectivity index (χ2v) is 3.30. The van der Waals surface area contributed by atoms with Gasteiger partial charge in [-0.15, -0.1) is 0 Å². The Kier molecular flexibility index (Phi) is 8.15. The van der Waals surface area contributed by atoms with Crippen molar-refractivity contribution in [2.45, 2.75) is 33.1 Å². The van der Waals surface area contributed by atoms with Gasteiger partial charge in [0.1, 0.15) is 6.61 Å². The molecule has 0 spiro atoms. The molecule has 0 saturated heterocycles. The van der Waals surface area contributed by atoms with Gasteiger partial charge in [0.25, 0.3) is 0 Å². The number of esters is 1. The molecule has 5 heteroatoms. The smallest absolute Gasteiger partial charge is 0.345 e. The lowest BCUT2D eigenvalue weighted by Gasteiger charge is -2.04. The van der Waals surface area contributed by atoms with Crippen LogP contribution in [0.1, 0.15) is 33.1 Å². The molecule has 16 heavy (non-hydrogen) atoms. The number of ether oxygens (including phenoxy) is 1. The Bertz CT molecular complexity index is 247. The highest BCUT2D eigenvalue weighted by Crippen LogP contribution is 1.96. The standard InChI is InChI=1S/C11H18O5/c1-4-5-7-15-16-10(12)6-8-14-11(13)9(2)3/h2,4-8H2,1,3H3. The van der Waals surface area contributed by atoms with E-state index in [0.29, 0.717) is 12.2 Å². The van der Waals surface area contributed by atoms with Crippen LogP contribution in [0.2, 0.25) is 0 Å². The third kappa shape index (κ3) is 7.99. The first kappa shape index (κ1) is 14.6. The molecule has 0 amide bonds. The Labute approximate surface area is 95.3 Å². The number of rotatable bonds is 8. The summed E-state index contributed by atoms with van der Waals surface area (Å²) in [5.41, 5.74) is 0.299. The van der Waals surface area contributed by atoms with Crippen molar-refractivity contribution >= 4 is 11.9 Å². The molecule has 0 aromatic heterocycles. The molecule has 0 aromatic rings. The lowest BCUT2D eigenvalue weighted by atomic mass is 10.4. The Balaban J connectivity index is 3.44. The van der Waals surface area contributed by atoms with Crippen LogP contribution in [0.5, 0.6) is 0 Å². The van der Waals surface area contributed by atoms with Crippen molar-refractivity contribution in [2.75, 3.05) is 13.2 Å². The fraction of sp³-hybridized carbons (Fsp3) is 0.636. The summed E-state index contributed by atoms with van der Waals surface area (Å²) in [4.78, 5) is 31.0. The van der Waals surface area contributed by atoms with E-state index in [-0.39, 0.29) is 13.0 Å². The van der Waals surface area contributed by atoms with E-state index < -0.39 is 11.9 Å². The molecule has 0 aromatic carbocycles. The quantitative estimate of drug-likeness (QED) is 0.209. The number of carbonyl (C=O) groups is 2. The summed E-state index contributed by atoms with van der Waals surface area (Å²) >= 11 is 0. The summed E-state index contributed by atoms with van der Waals surface area (Å²) in [6, 6.07) is 0. The second-order valence-electron chi connectivity index (χ2n) is 3.30. The van der Waals surface area contributed by atoms with Crippen LogP contribution in [0.15, 0.2) is 12.2 Å². The summed E-state index contributed by atoms with van der Waals surface area (Å²) in [7, 11) is 0. The summed E-state index contributed by atoms with van der Waals surface area (Å²) in [6.07, 6.45) is 1.77. The Morgan fingerprint density at radius 3 is 2.50 bits per heavy atom.